The van der Waals surface area contributed by atoms with E-state index in [1.165, 1.54) is 6.92 Å². The molecule has 0 fully saturated rings. The van der Waals surface area contributed by atoms with Gasteiger partial charge in [-0.2, -0.15) is 0 Å². The zero-order chi connectivity index (χ0) is 23.4. The molecule has 0 saturated heterocycles. The molecule has 0 bridgehead atoms. The Morgan fingerprint density at radius 2 is 1.59 bits per heavy atom. The van der Waals surface area contributed by atoms with Crippen molar-refractivity contribution in [3.63, 3.8) is 0 Å². The lowest BCUT2D eigenvalue weighted by Gasteiger charge is -2.25. The first-order valence-corrected chi connectivity index (χ1v) is 10.7. The van der Waals surface area contributed by atoms with Crippen molar-refractivity contribution in [2.24, 2.45) is 0 Å². The number of benzene rings is 2. The van der Waals surface area contributed by atoms with E-state index in [1.54, 1.807) is 35.5 Å². The zero-order valence-electron chi connectivity index (χ0n) is 19.9. The van der Waals surface area contributed by atoms with Gasteiger partial charge in [-0.15, -0.1) is 0 Å². The topological polar surface area (TPSA) is 72.5 Å². The van der Waals surface area contributed by atoms with Crippen LogP contribution >= 0.6 is 0 Å². The van der Waals surface area contributed by atoms with Crippen LogP contribution < -0.4 is 23.7 Å². The van der Waals surface area contributed by atoms with Crippen LogP contribution in [-0.2, 0) is 22.4 Å². The SMILES string of the molecule is CCCc1cc(OC)c2c(c1OC(C)=O)[C@H](OC)CCc1cc(OC)c(OC)c(OC)c1-2. The van der Waals surface area contributed by atoms with Gasteiger partial charge in [0, 0.05) is 30.7 Å². The number of esters is 1. The summed E-state index contributed by atoms with van der Waals surface area (Å²) in [7, 11) is 8.08. The number of fused-ring (bicyclic) bond motifs is 3. The van der Waals surface area contributed by atoms with Crippen molar-refractivity contribution < 1.29 is 33.2 Å². The molecule has 0 unspecified atom stereocenters. The maximum atomic E-state index is 12.1. The second-order valence-electron chi connectivity index (χ2n) is 7.64. The Morgan fingerprint density at radius 1 is 0.906 bits per heavy atom. The Kier molecular flexibility index (Phi) is 7.51. The molecule has 0 amide bonds. The first kappa shape index (κ1) is 23.7. The van der Waals surface area contributed by atoms with Gasteiger partial charge in [-0.25, -0.2) is 0 Å². The van der Waals surface area contributed by atoms with E-state index < -0.39 is 0 Å². The summed E-state index contributed by atoms with van der Waals surface area (Å²) in [5.74, 6) is 2.43. The second-order valence-corrected chi connectivity index (χ2v) is 7.64. The number of hydrogen-bond donors (Lipinski definition) is 0. The van der Waals surface area contributed by atoms with Gasteiger partial charge in [0.15, 0.2) is 11.5 Å². The van der Waals surface area contributed by atoms with Crippen LogP contribution in [0.5, 0.6) is 28.7 Å². The third kappa shape index (κ3) is 4.09. The van der Waals surface area contributed by atoms with Gasteiger partial charge in [-0.1, -0.05) is 13.3 Å². The molecule has 0 aromatic heterocycles. The van der Waals surface area contributed by atoms with E-state index in [-0.39, 0.29) is 12.1 Å². The number of carbonyl (C=O) groups excluding carboxylic acids is 1. The first-order chi connectivity index (χ1) is 15.4. The number of rotatable bonds is 8. The average Bonchev–Trinajstić information content (AvgIpc) is 2.95. The molecule has 2 aromatic rings. The summed E-state index contributed by atoms with van der Waals surface area (Å²) in [5.41, 5.74) is 4.31. The first-order valence-electron chi connectivity index (χ1n) is 10.7. The van der Waals surface area contributed by atoms with E-state index in [0.717, 1.165) is 40.7 Å². The summed E-state index contributed by atoms with van der Waals surface area (Å²) in [5, 5.41) is 0. The fraction of sp³-hybridized carbons (Fsp3) is 0.480. The molecule has 0 saturated carbocycles. The molecule has 0 heterocycles. The Morgan fingerprint density at radius 3 is 2.12 bits per heavy atom. The van der Waals surface area contributed by atoms with Crippen LogP contribution in [0.25, 0.3) is 11.1 Å². The van der Waals surface area contributed by atoms with Gasteiger partial charge < -0.3 is 28.4 Å². The third-order valence-corrected chi connectivity index (χ3v) is 5.79. The fourth-order valence-electron chi connectivity index (χ4n) is 4.51. The molecule has 1 aliphatic rings. The molecule has 0 spiro atoms. The van der Waals surface area contributed by atoms with Crippen LogP contribution in [0.3, 0.4) is 0 Å². The number of methoxy groups -OCH3 is 5. The van der Waals surface area contributed by atoms with Crippen LogP contribution in [0.15, 0.2) is 12.1 Å². The van der Waals surface area contributed by atoms with Crippen molar-refractivity contribution in [1.29, 1.82) is 0 Å². The summed E-state index contributed by atoms with van der Waals surface area (Å²) < 4.78 is 34.7. The van der Waals surface area contributed by atoms with E-state index in [1.807, 2.05) is 12.1 Å². The fourth-order valence-corrected chi connectivity index (χ4v) is 4.51. The summed E-state index contributed by atoms with van der Waals surface area (Å²) in [6.45, 7) is 3.49. The van der Waals surface area contributed by atoms with Gasteiger partial charge in [-0.05, 0) is 42.5 Å². The largest absolute Gasteiger partial charge is 0.496 e. The van der Waals surface area contributed by atoms with Gasteiger partial charge in [0.2, 0.25) is 5.75 Å². The van der Waals surface area contributed by atoms with Crippen LogP contribution in [0.4, 0.5) is 0 Å². The lowest BCUT2D eigenvalue weighted by atomic mass is 9.89. The Hall–Kier alpha value is -2.93. The Labute approximate surface area is 189 Å². The lowest BCUT2D eigenvalue weighted by molar-refractivity contribution is -0.132. The van der Waals surface area contributed by atoms with E-state index in [2.05, 4.69) is 6.92 Å². The molecular weight excluding hydrogens is 412 g/mol. The second kappa shape index (κ2) is 10.1. The van der Waals surface area contributed by atoms with Crippen molar-refractivity contribution in [2.45, 2.75) is 45.6 Å². The molecule has 7 nitrogen and oxygen atoms in total. The minimum absolute atomic E-state index is 0.306. The molecule has 2 aromatic carbocycles. The van der Waals surface area contributed by atoms with Crippen molar-refractivity contribution in [1.82, 2.24) is 0 Å². The van der Waals surface area contributed by atoms with Gasteiger partial charge in [0.25, 0.3) is 0 Å². The average molecular weight is 445 g/mol. The maximum absolute atomic E-state index is 12.1. The standard InChI is InChI=1S/C25H32O7/c1-8-9-16-13-18(28-4)21-20-15(12-19(29-5)24(30-6)25(20)31-7)10-11-17(27-3)22(21)23(16)32-14(2)26/h12-13,17H,8-11H2,1-7H3/t17-/m1/s1. The normalized spacial score (nSPS) is 14.7. The zero-order valence-corrected chi connectivity index (χ0v) is 19.9. The number of ether oxygens (including phenoxy) is 6. The van der Waals surface area contributed by atoms with Crippen molar-refractivity contribution in [2.75, 3.05) is 35.5 Å². The molecular formula is C25H32O7. The minimum atomic E-state index is -0.381. The highest BCUT2D eigenvalue weighted by atomic mass is 16.5. The third-order valence-electron chi connectivity index (χ3n) is 5.79. The molecule has 0 N–H and O–H groups in total. The van der Waals surface area contributed by atoms with E-state index in [4.69, 9.17) is 28.4 Å². The van der Waals surface area contributed by atoms with Crippen LogP contribution in [0.2, 0.25) is 0 Å². The maximum Gasteiger partial charge on any atom is 0.308 e. The number of aryl methyl sites for hydroxylation is 2. The molecule has 174 valence electrons. The summed E-state index contributed by atoms with van der Waals surface area (Å²) in [6.07, 6.45) is 2.70. The molecule has 3 rings (SSSR count). The lowest BCUT2D eigenvalue weighted by Crippen LogP contribution is -2.12. The molecule has 0 aliphatic heterocycles. The minimum Gasteiger partial charge on any atom is -0.496 e. The van der Waals surface area contributed by atoms with Gasteiger partial charge in [0.05, 0.1) is 34.5 Å². The smallest absolute Gasteiger partial charge is 0.308 e. The van der Waals surface area contributed by atoms with Gasteiger partial charge in [0.1, 0.15) is 11.5 Å². The molecule has 0 radical (unpaired) electrons. The van der Waals surface area contributed by atoms with E-state index >= 15 is 0 Å². The highest BCUT2D eigenvalue weighted by Gasteiger charge is 2.35. The summed E-state index contributed by atoms with van der Waals surface area (Å²) in [6, 6.07) is 3.90. The Balaban J connectivity index is 2.51. The van der Waals surface area contributed by atoms with Crippen LogP contribution in [-0.4, -0.2) is 41.5 Å². The number of hydrogen-bond acceptors (Lipinski definition) is 7. The quantitative estimate of drug-likeness (QED) is 0.424. The van der Waals surface area contributed by atoms with Gasteiger partial charge >= 0.3 is 5.97 Å². The molecule has 32 heavy (non-hydrogen) atoms. The number of carbonyl (C=O) groups is 1. The molecule has 1 aliphatic carbocycles. The highest BCUT2D eigenvalue weighted by Crippen LogP contribution is 2.56. The van der Waals surface area contributed by atoms with Crippen molar-refractivity contribution in [3.8, 4) is 39.9 Å². The van der Waals surface area contributed by atoms with E-state index in [0.29, 0.717) is 41.6 Å². The molecule has 7 heteroatoms. The van der Waals surface area contributed by atoms with Crippen molar-refractivity contribution >= 4 is 5.97 Å². The van der Waals surface area contributed by atoms with E-state index in [9.17, 15) is 4.79 Å². The summed E-state index contributed by atoms with van der Waals surface area (Å²) in [4.78, 5) is 12.1. The predicted octanol–water partition coefficient (Wildman–Crippen LogP) is 4.90. The van der Waals surface area contributed by atoms with Crippen LogP contribution in [0.1, 0.15) is 49.5 Å². The summed E-state index contributed by atoms with van der Waals surface area (Å²) >= 11 is 0. The van der Waals surface area contributed by atoms with Crippen molar-refractivity contribution in [3.05, 3.63) is 28.8 Å². The highest BCUT2D eigenvalue weighted by molar-refractivity contribution is 5.88. The predicted molar refractivity (Wildman–Crippen MR) is 121 cm³/mol. The molecule has 1 atom stereocenters. The Bertz CT molecular complexity index is 997. The monoisotopic (exact) mass is 444 g/mol. The van der Waals surface area contributed by atoms with Gasteiger partial charge in [-0.3, -0.25) is 4.79 Å². The van der Waals surface area contributed by atoms with Crippen LogP contribution in [0, 0.1) is 0 Å².